The molecule has 2 rings (SSSR count). The average molecular weight is 282 g/mol. The highest BCUT2D eigenvalue weighted by Gasteiger charge is 2.46. The molecule has 0 aromatic carbocycles. The first-order valence-electron chi connectivity index (χ1n) is 7.96. The fourth-order valence-electron chi connectivity index (χ4n) is 3.58. The number of hydrogen-bond donors (Lipinski definition) is 1. The Balaban J connectivity index is 1.93. The van der Waals surface area contributed by atoms with Crippen molar-refractivity contribution in [1.29, 1.82) is 0 Å². The van der Waals surface area contributed by atoms with Gasteiger partial charge in [-0.25, -0.2) is 0 Å². The lowest BCUT2D eigenvalue weighted by Crippen LogP contribution is -2.53. The molecule has 0 spiro atoms. The lowest BCUT2D eigenvalue weighted by atomic mass is 9.93. The summed E-state index contributed by atoms with van der Waals surface area (Å²) in [5, 5.41) is 3.51. The summed E-state index contributed by atoms with van der Waals surface area (Å²) in [4.78, 5) is 14.5. The lowest BCUT2D eigenvalue weighted by molar-refractivity contribution is -0.134. The minimum absolute atomic E-state index is 0.116. The number of piperidine rings is 1. The number of likely N-dealkylation sites (tertiary alicyclic amines) is 1. The van der Waals surface area contributed by atoms with Gasteiger partial charge in [0.15, 0.2) is 0 Å². The van der Waals surface area contributed by atoms with E-state index < -0.39 is 0 Å². The molecule has 0 radical (unpaired) electrons. The van der Waals surface area contributed by atoms with Gasteiger partial charge in [0.05, 0.1) is 17.2 Å². The zero-order valence-corrected chi connectivity index (χ0v) is 13.7. The molecule has 0 aromatic heterocycles. The van der Waals surface area contributed by atoms with Crippen LogP contribution in [0.3, 0.4) is 0 Å². The van der Waals surface area contributed by atoms with Crippen LogP contribution in [-0.2, 0) is 9.53 Å². The van der Waals surface area contributed by atoms with Crippen molar-refractivity contribution >= 4 is 5.91 Å². The molecule has 0 saturated carbocycles. The van der Waals surface area contributed by atoms with E-state index in [4.69, 9.17) is 4.74 Å². The Hall–Kier alpha value is -0.610. The van der Waals surface area contributed by atoms with Gasteiger partial charge in [0.2, 0.25) is 5.91 Å². The number of ether oxygens (including phenoxy) is 1. The Morgan fingerprint density at radius 3 is 2.30 bits per heavy atom. The first kappa shape index (κ1) is 15.8. The minimum Gasteiger partial charge on any atom is -0.368 e. The normalized spacial score (nSPS) is 30.2. The Kier molecular flexibility index (Phi) is 4.45. The van der Waals surface area contributed by atoms with Gasteiger partial charge >= 0.3 is 0 Å². The first-order chi connectivity index (χ1) is 9.21. The van der Waals surface area contributed by atoms with Gasteiger partial charge in [-0.15, -0.1) is 0 Å². The van der Waals surface area contributed by atoms with Gasteiger partial charge in [-0.05, 0) is 60.3 Å². The number of carbonyl (C=O) groups is 1. The van der Waals surface area contributed by atoms with E-state index in [-0.39, 0.29) is 29.2 Å². The SMILES string of the molecule is CC(NC1CC(C)(C)OC1(C)C)C(=O)N1CCCCC1. The largest absolute Gasteiger partial charge is 0.368 e. The maximum Gasteiger partial charge on any atom is 0.239 e. The molecule has 1 N–H and O–H groups in total. The molecule has 0 aliphatic carbocycles. The van der Waals surface area contributed by atoms with E-state index in [9.17, 15) is 4.79 Å². The molecule has 1 amide bonds. The molecule has 2 unspecified atom stereocenters. The van der Waals surface area contributed by atoms with E-state index in [2.05, 4.69) is 33.0 Å². The van der Waals surface area contributed by atoms with Crippen LogP contribution >= 0.6 is 0 Å². The standard InChI is InChI=1S/C16H30N2O2/c1-12(14(19)18-9-7-6-8-10-18)17-13-11-15(2,3)20-16(13,4)5/h12-13,17H,6-11H2,1-5H3. The Bertz CT molecular complexity index is 359. The molecule has 2 heterocycles. The van der Waals surface area contributed by atoms with Gasteiger partial charge in [0.1, 0.15) is 0 Å². The van der Waals surface area contributed by atoms with E-state index in [0.717, 1.165) is 32.4 Å². The van der Waals surface area contributed by atoms with Gasteiger partial charge in [-0.3, -0.25) is 4.79 Å². The fourth-order valence-corrected chi connectivity index (χ4v) is 3.58. The van der Waals surface area contributed by atoms with Crippen LogP contribution in [0.1, 0.15) is 60.3 Å². The maximum atomic E-state index is 12.5. The third-order valence-corrected chi connectivity index (χ3v) is 4.56. The lowest BCUT2D eigenvalue weighted by Gasteiger charge is -2.33. The zero-order chi connectivity index (χ0) is 15.0. The quantitative estimate of drug-likeness (QED) is 0.864. The van der Waals surface area contributed by atoms with E-state index >= 15 is 0 Å². The molecule has 2 aliphatic heterocycles. The van der Waals surface area contributed by atoms with Crippen LogP contribution in [0.15, 0.2) is 0 Å². The zero-order valence-electron chi connectivity index (χ0n) is 13.7. The monoisotopic (exact) mass is 282 g/mol. The molecular formula is C16H30N2O2. The van der Waals surface area contributed by atoms with E-state index in [1.54, 1.807) is 0 Å². The second-order valence-electron chi connectivity index (χ2n) is 7.50. The first-order valence-corrected chi connectivity index (χ1v) is 7.96. The predicted octanol–water partition coefficient (Wildman–Crippen LogP) is 2.32. The van der Waals surface area contributed by atoms with Crippen molar-refractivity contribution in [3.63, 3.8) is 0 Å². The van der Waals surface area contributed by atoms with Gasteiger partial charge in [-0.1, -0.05) is 0 Å². The summed E-state index contributed by atoms with van der Waals surface area (Å²) in [6.07, 6.45) is 4.48. The molecule has 20 heavy (non-hydrogen) atoms. The molecule has 2 saturated heterocycles. The van der Waals surface area contributed by atoms with Crippen LogP contribution in [0.25, 0.3) is 0 Å². The van der Waals surface area contributed by atoms with Crippen LogP contribution in [0, 0.1) is 0 Å². The van der Waals surface area contributed by atoms with Gasteiger partial charge < -0.3 is 15.0 Å². The van der Waals surface area contributed by atoms with Crippen LogP contribution < -0.4 is 5.32 Å². The molecule has 4 nitrogen and oxygen atoms in total. The topological polar surface area (TPSA) is 41.6 Å². The van der Waals surface area contributed by atoms with Crippen molar-refractivity contribution in [2.75, 3.05) is 13.1 Å². The highest BCUT2D eigenvalue weighted by molar-refractivity contribution is 5.81. The summed E-state index contributed by atoms with van der Waals surface area (Å²) >= 11 is 0. The van der Waals surface area contributed by atoms with Crippen molar-refractivity contribution < 1.29 is 9.53 Å². The summed E-state index contributed by atoms with van der Waals surface area (Å²) in [6, 6.07) is 0.0936. The van der Waals surface area contributed by atoms with Gasteiger partial charge in [-0.2, -0.15) is 0 Å². The Morgan fingerprint density at radius 1 is 1.20 bits per heavy atom. The van der Waals surface area contributed by atoms with E-state index in [0.29, 0.717) is 0 Å². The molecule has 4 heteroatoms. The summed E-state index contributed by atoms with van der Waals surface area (Å²) < 4.78 is 6.09. The molecule has 2 aliphatic rings. The van der Waals surface area contributed by atoms with Crippen LogP contribution in [0.5, 0.6) is 0 Å². The smallest absolute Gasteiger partial charge is 0.239 e. The maximum absolute atomic E-state index is 12.5. The highest BCUT2D eigenvalue weighted by Crippen LogP contribution is 2.37. The number of rotatable bonds is 3. The minimum atomic E-state index is -0.222. The van der Waals surface area contributed by atoms with Crippen molar-refractivity contribution in [2.24, 2.45) is 0 Å². The number of amides is 1. The summed E-state index contributed by atoms with van der Waals surface area (Å²) in [7, 11) is 0. The Morgan fingerprint density at radius 2 is 1.80 bits per heavy atom. The fraction of sp³-hybridized carbons (Fsp3) is 0.938. The van der Waals surface area contributed by atoms with Gasteiger partial charge in [0.25, 0.3) is 0 Å². The summed E-state index contributed by atoms with van der Waals surface area (Å²) in [5.41, 5.74) is -0.338. The Labute approximate surface area is 123 Å². The molecule has 2 atom stereocenters. The van der Waals surface area contributed by atoms with Crippen LogP contribution in [0.4, 0.5) is 0 Å². The van der Waals surface area contributed by atoms with Crippen LogP contribution in [-0.4, -0.2) is 47.2 Å². The highest BCUT2D eigenvalue weighted by atomic mass is 16.5. The summed E-state index contributed by atoms with van der Waals surface area (Å²) in [6.45, 7) is 12.3. The molecule has 2 fully saturated rings. The van der Waals surface area contributed by atoms with E-state index in [1.165, 1.54) is 6.42 Å². The molecule has 0 aromatic rings. The summed E-state index contributed by atoms with van der Waals surface area (Å²) in [5.74, 6) is 0.241. The van der Waals surface area contributed by atoms with Crippen molar-refractivity contribution in [1.82, 2.24) is 10.2 Å². The predicted molar refractivity (Wildman–Crippen MR) is 80.7 cm³/mol. The van der Waals surface area contributed by atoms with Crippen molar-refractivity contribution in [3.8, 4) is 0 Å². The number of hydrogen-bond acceptors (Lipinski definition) is 3. The van der Waals surface area contributed by atoms with E-state index in [1.807, 2.05) is 11.8 Å². The number of nitrogens with zero attached hydrogens (tertiary/aromatic N) is 1. The van der Waals surface area contributed by atoms with Crippen molar-refractivity contribution in [2.45, 2.75) is 83.6 Å². The third kappa shape index (κ3) is 3.53. The van der Waals surface area contributed by atoms with Crippen LogP contribution in [0.2, 0.25) is 0 Å². The number of nitrogens with one attached hydrogen (secondary N) is 1. The number of carbonyl (C=O) groups excluding carboxylic acids is 1. The average Bonchev–Trinajstić information content (AvgIpc) is 2.57. The molecule has 116 valence electrons. The van der Waals surface area contributed by atoms with Crippen molar-refractivity contribution in [3.05, 3.63) is 0 Å². The second kappa shape index (κ2) is 5.64. The molecular weight excluding hydrogens is 252 g/mol. The second-order valence-corrected chi connectivity index (χ2v) is 7.50. The molecule has 0 bridgehead atoms. The third-order valence-electron chi connectivity index (χ3n) is 4.56. The van der Waals surface area contributed by atoms with Gasteiger partial charge in [0, 0.05) is 19.1 Å².